The predicted octanol–water partition coefficient (Wildman–Crippen LogP) is 1.34. The third kappa shape index (κ3) is 3.39. The van der Waals surface area contributed by atoms with E-state index in [1.165, 1.54) is 0 Å². The van der Waals surface area contributed by atoms with Crippen LogP contribution in [0.4, 0.5) is 4.79 Å². The number of hydrogen-bond acceptors (Lipinski definition) is 6. The highest BCUT2D eigenvalue weighted by molar-refractivity contribution is 5.78. The molecule has 1 aliphatic heterocycles. The molecule has 1 N–H and O–H groups in total. The molecular formula is C14H18O6. The summed E-state index contributed by atoms with van der Waals surface area (Å²) in [7, 11) is 0. The molecule has 0 saturated carbocycles. The van der Waals surface area contributed by atoms with E-state index in [4.69, 9.17) is 19.3 Å². The van der Waals surface area contributed by atoms with Crippen LogP contribution < -0.4 is 0 Å². The van der Waals surface area contributed by atoms with Crippen LogP contribution in [0.1, 0.15) is 19.8 Å². The third-order valence-corrected chi connectivity index (χ3v) is 3.42. The van der Waals surface area contributed by atoms with Gasteiger partial charge in [-0.15, -0.1) is 0 Å². The van der Waals surface area contributed by atoms with Gasteiger partial charge in [-0.1, -0.05) is 12.2 Å². The zero-order valence-electron chi connectivity index (χ0n) is 11.4. The van der Waals surface area contributed by atoms with Crippen LogP contribution in [0.2, 0.25) is 0 Å². The molecule has 20 heavy (non-hydrogen) atoms. The van der Waals surface area contributed by atoms with Crippen molar-refractivity contribution >= 4 is 12.1 Å². The Labute approximate surface area is 117 Å². The molecular weight excluding hydrogens is 264 g/mol. The summed E-state index contributed by atoms with van der Waals surface area (Å²) in [6.07, 6.45) is 4.49. The summed E-state index contributed by atoms with van der Waals surface area (Å²) < 4.78 is 14.7. The van der Waals surface area contributed by atoms with E-state index in [1.807, 2.05) is 12.2 Å². The van der Waals surface area contributed by atoms with E-state index in [1.54, 1.807) is 6.92 Å². The maximum Gasteiger partial charge on any atom is 0.508 e. The summed E-state index contributed by atoms with van der Waals surface area (Å²) in [5.41, 5.74) is 1.02. The van der Waals surface area contributed by atoms with Crippen molar-refractivity contribution < 1.29 is 28.9 Å². The van der Waals surface area contributed by atoms with Gasteiger partial charge in [0.05, 0.1) is 6.61 Å². The van der Waals surface area contributed by atoms with Gasteiger partial charge in [-0.05, 0) is 30.9 Å². The van der Waals surface area contributed by atoms with E-state index in [9.17, 15) is 9.59 Å². The average molecular weight is 282 g/mol. The summed E-state index contributed by atoms with van der Waals surface area (Å²) in [4.78, 5) is 22.8. The summed E-state index contributed by atoms with van der Waals surface area (Å²) in [5.74, 6) is -0.442. The third-order valence-electron chi connectivity index (χ3n) is 3.42. The van der Waals surface area contributed by atoms with Crippen LogP contribution in [0.5, 0.6) is 0 Å². The zero-order valence-corrected chi connectivity index (χ0v) is 11.4. The number of aliphatic hydroxyl groups is 1. The molecule has 0 spiro atoms. The highest BCUT2D eigenvalue weighted by Crippen LogP contribution is 2.25. The first-order valence-electron chi connectivity index (χ1n) is 6.48. The molecule has 1 fully saturated rings. The first kappa shape index (κ1) is 14.6. The molecule has 110 valence electrons. The van der Waals surface area contributed by atoms with E-state index < -0.39 is 17.5 Å². The monoisotopic (exact) mass is 282 g/mol. The lowest BCUT2D eigenvalue weighted by molar-refractivity contribution is -0.165. The van der Waals surface area contributed by atoms with Crippen molar-refractivity contribution in [1.29, 1.82) is 0 Å². The van der Waals surface area contributed by atoms with Crippen LogP contribution in [0.25, 0.3) is 0 Å². The van der Waals surface area contributed by atoms with Gasteiger partial charge < -0.3 is 19.3 Å². The number of carbonyl (C=O) groups is 2. The molecule has 6 nitrogen and oxygen atoms in total. The van der Waals surface area contributed by atoms with Gasteiger partial charge in [0.15, 0.2) is 0 Å². The number of hydrogen-bond donors (Lipinski definition) is 1. The smallest absolute Gasteiger partial charge is 0.461 e. The minimum atomic E-state index is -0.949. The molecule has 1 heterocycles. The number of esters is 1. The van der Waals surface area contributed by atoms with Gasteiger partial charge in [-0.3, -0.25) is 4.79 Å². The van der Waals surface area contributed by atoms with Crippen molar-refractivity contribution in [2.45, 2.75) is 19.8 Å². The molecule has 0 aromatic rings. The fourth-order valence-corrected chi connectivity index (χ4v) is 1.95. The van der Waals surface area contributed by atoms with Gasteiger partial charge in [0.2, 0.25) is 0 Å². The molecule has 0 amide bonds. The van der Waals surface area contributed by atoms with Crippen molar-refractivity contribution in [2.24, 2.45) is 5.41 Å². The average Bonchev–Trinajstić information content (AvgIpc) is 2.48. The first-order chi connectivity index (χ1) is 9.53. The molecule has 6 heteroatoms. The van der Waals surface area contributed by atoms with Crippen LogP contribution in [0.3, 0.4) is 0 Å². The maximum absolute atomic E-state index is 12.0. The minimum Gasteiger partial charge on any atom is -0.461 e. The number of carbonyl (C=O) groups excluding carboxylic acids is 2. The Kier molecular flexibility index (Phi) is 4.44. The maximum atomic E-state index is 12.0. The number of rotatable bonds is 4. The van der Waals surface area contributed by atoms with Crippen LogP contribution in [0.15, 0.2) is 23.3 Å². The Bertz CT molecular complexity index is 452. The fraction of sp³-hybridized carbons (Fsp3) is 0.571. The highest BCUT2D eigenvalue weighted by Gasteiger charge is 2.41. The van der Waals surface area contributed by atoms with Crippen molar-refractivity contribution in [3.63, 3.8) is 0 Å². The lowest BCUT2D eigenvalue weighted by Crippen LogP contribution is -2.44. The molecule has 2 aliphatic rings. The van der Waals surface area contributed by atoms with Gasteiger partial charge in [0, 0.05) is 0 Å². The molecule has 2 rings (SSSR count). The lowest BCUT2D eigenvalue weighted by Gasteiger charge is -2.30. The molecule has 0 unspecified atom stereocenters. The quantitative estimate of drug-likeness (QED) is 0.784. The lowest BCUT2D eigenvalue weighted by atomic mass is 9.92. The van der Waals surface area contributed by atoms with Crippen LogP contribution in [-0.4, -0.2) is 43.7 Å². The second kappa shape index (κ2) is 6.09. The van der Waals surface area contributed by atoms with Crippen LogP contribution in [0, 0.1) is 5.41 Å². The van der Waals surface area contributed by atoms with E-state index >= 15 is 0 Å². The molecule has 1 aliphatic carbocycles. The first-order valence-corrected chi connectivity index (χ1v) is 6.48. The van der Waals surface area contributed by atoms with Crippen molar-refractivity contribution in [3.8, 4) is 0 Å². The molecule has 0 atom stereocenters. The van der Waals surface area contributed by atoms with Gasteiger partial charge in [-0.2, -0.15) is 0 Å². The zero-order chi connectivity index (χ0) is 14.6. The SMILES string of the molecule is CC1(C(=O)OCC2=CC=C(CO)CC2)COC(=O)OC1. The van der Waals surface area contributed by atoms with Gasteiger partial charge in [-0.25, -0.2) is 4.79 Å². The van der Waals surface area contributed by atoms with Crippen molar-refractivity contribution in [3.05, 3.63) is 23.3 Å². The Hall–Kier alpha value is -1.82. The molecule has 0 aromatic carbocycles. The topological polar surface area (TPSA) is 82.1 Å². The van der Waals surface area contributed by atoms with E-state index in [-0.39, 0.29) is 26.4 Å². The van der Waals surface area contributed by atoms with Crippen molar-refractivity contribution in [2.75, 3.05) is 26.4 Å². The Balaban J connectivity index is 1.85. The predicted molar refractivity (Wildman–Crippen MR) is 68.9 cm³/mol. The summed E-state index contributed by atoms with van der Waals surface area (Å²) in [5, 5.41) is 8.98. The van der Waals surface area contributed by atoms with E-state index in [0.29, 0.717) is 0 Å². The van der Waals surface area contributed by atoms with Crippen LogP contribution >= 0.6 is 0 Å². The number of ether oxygens (including phenoxy) is 3. The minimum absolute atomic E-state index is 0.0295. The normalized spacial score (nSPS) is 21.2. The second-order valence-corrected chi connectivity index (χ2v) is 5.27. The van der Waals surface area contributed by atoms with E-state index in [2.05, 4.69) is 0 Å². The Morgan fingerprint density at radius 2 is 1.90 bits per heavy atom. The highest BCUT2D eigenvalue weighted by atomic mass is 16.7. The Morgan fingerprint density at radius 1 is 1.30 bits per heavy atom. The second-order valence-electron chi connectivity index (χ2n) is 5.27. The van der Waals surface area contributed by atoms with Crippen LogP contribution in [-0.2, 0) is 19.0 Å². The van der Waals surface area contributed by atoms with Gasteiger partial charge in [0.25, 0.3) is 0 Å². The fourth-order valence-electron chi connectivity index (χ4n) is 1.95. The number of aliphatic hydroxyl groups excluding tert-OH is 1. The molecule has 0 bridgehead atoms. The van der Waals surface area contributed by atoms with Crippen molar-refractivity contribution in [1.82, 2.24) is 0 Å². The van der Waals surface area contributed by atoms with E-state index in [0.717, 1.165) is 24.0 Å². The standard InChI is InChI=1S/C14H18O6/c1-14(8-19-13(17)20-9-14)12(16)18-7-11-4-2-10(6-15)3-5-11/h2,4,15H,3,5-9H2,1H3. The Morgan fingerprint density at radius 3 is 2.45 bits per heavy atom. The molecule has 1 saturated heterocycles. The molecule has 0 aromatic heterocycles. The largest absolute Gasteiger partial charge is 0.508 e. The number of allylic oxidation sites excluding steroid dienone is 2. The molecule has 0 radical (unpaired) electrons. The summed E-state index contributed by atoms with van der Waals surface area (Å²) in [6, 6.07) is 0. The van der Waals surface area contributed by atoms with Gasteiger partial charge in [0.1, 0.15) is 25.2 Å². The summed E-state index contributed by atoms with van der Waals surface area (Å²) in [6.45, 7) is 1.85. The number of cyclic esters (lactones) is 2. The van der Waals surface area contributed by atoms with Gasteiger partial charge >= 0.3 is 12.1 Å². The summed E-state index contributed by atoms with van der Waals surface area (Å²) >= 11 is 0.